The van der Waals surface area contributed by atoms with E-state index in [4.69, 9.17) is 11.5 Å². The number of nitrogen functional groups attached to an aromatic ring is 1. The molecule has 5 N–H and O–H groups in total. The number of nitrogens with two attached hydrogens (primary N) is 2. The molecule has 0 saturated carbocycles. The molecular weight excluding hydrogens is 330 g/mol. The second-order valence-corrected chi connectivity index (χ2v) is 6.80. The predicted octanol–water partition coefficient (Wildman–Crippen LogP) is 1.88. The number of urea groups is 1. The maximum atomic E-state index is 11.4. The van der Waals surface area contributed by atoms with Crippen molar-refractivity contribution in [3.63, 3.8) is 0 Å². The Balaban J connectivity index is 1.96. The summed E-state index contributed by atoms with van der Waals surface area (Å²) in [7, 11) is 0. The average Bonchev–Trinajstić information content (AvgIpc) is 2.97. The van der Waals surface area contributed by atoms with E-state index >= 15 is 0 Å². The number of amides is 2. The monoisotopic (exact) mass is 356 g/mol. The molecule has 3 rings (SSSR count). The zero-order chi connectivity index (χ0) is 18.7. The zero-order valence-corrected chi connectivity index (χ0v) is 15.3. The summed E-state index contributed by atoms with van der Waals surface area (Å²) in [6, 6.07) is -0.480. The number of carbonyl (C=O) groups is 1. The molecule has 1 aliphatic carbocycles. The maximum Gasteiger partial charge on any atom is 0.316 e. The molecule has 1 aromatic heterocycles. The molecule has 0 unspecified atom stereocenters. The molecule has 2 amide bonds. The number of primary amides is 1. The van der Waals surface area contributed by atoms with Crippen LogP contribution in [0.25, 0.3) is 0 Å². The summed E-state index contributed by atoms with van der Waals surface area (Å²) in [6.45, 7) is 6.03. The summed E-state index contributed by atoms with van der Waals surface area (Å²) < 4.78 is 4.02. The first kappa shape index (κ1) is 17.9. The number of rotatable bonds is 3. The summed E-state index contributed by atoms with van der Waals surface area (Å²) in [5, 5.41) is 6.94. The molecule has 8 heteroatoms. The van der Waals surface area contributed by atoms with Gasteiger partial charge in [0.1, 0.15) is 24.6 Å². The summed E-state index contributed by atoms with van der Waals surface area (Å²) in [5.41, 5.74) is 14.3. The third-order valence-corrected chi connectivity index (χ3v) is 4.50. The average molecular weight is 356 g/mol. The van der Waals surface area contributed by atoms with Crippen LogP contribution in [0.1, 0.15) is 39.2 Å². The molecule has 1 aromatic rings. The molecule has 2 aliphatic rings. The molecule has 1 saturated heterocycles. The number of anilines is 1. The summed E-state index contributed by atoms with van der Waals surface area (Å²) in [6.07, 6.45) is 11.0. The van der Waals surface area contributed by atoms with Crippen molar-refractivity contribution < 1.29 is 9.37 Å². The minimum atomic E-state index is -0.622. The molecule has 138 valence electrons. The van der Waals surface area contributed by atoms with Crippen molar-refractivity contribution >= 4 is 29.0 Å². The highest BCUT2D eigenvalue weighted by molar-refractivity contribution is 6.21. The standard InChI is InChI=1S/C18H25N7O/c1-12(2)25-17(19)16(11-21-25)22-14-7-6-13(10-15(14)23-18(20)26)24-8-4-3-5-9-24/h6-7,10-12H,3-5,8-9H2,1-2H3,(H4,19,20,21,23,26)/p+1. The Bertz CT molecular complexity index is 819. The van der Waals surface area contributed by atoms with E-state index in [1.807, 2.05) is 32.1 Å². The number of nitrogens with one attached hydrogen (secondary N) is 1. The summed E-state index contributed by atoms with van der Waals surface area (Å²) >= 11 is 0. The van der Waals surface area contributed by atoms with Crippen molar-refractivity contribution in [3.8, 4) is 0 Å². The van der Waals surface area contributed by atoms with E-state index in [0.29, 0.717) is 22.9 Å². The fraction of sp³-hybridized carbons (Fsp3) is 0.444. The van der Waals surface area contributed by atoms with E-state index < -0.39 is 6.03 Å². The second-order valence-electron chi connectivity index (χ2n) is 6.80. The van der Waals surface area contributed by atoms with Crippen molar-refractivity contribution in [1.29, 1.82) is 0 Å². The first-order chi connectivity index (χ1) is 12.5. The third kappa shape index (κ3) is 3.84. The van der Waals surface area contributed by atoms with Gasteiger partial charge in [0.15, 0.2) is 0 Å². The Morgan fingerprint density at radius 2 is 2.04 bits per heavy atom. The second kappa shape index (κ2) is 7.55. The number of nitrogens with zero attached hydrogens (tertiary/aromatic N) is 4. The minimum absolute atomic E-state index is 0.142. The molecule has 1 fully saturated rings. The molecule has 1 aliphatic heterocycles. The highest BCUT2D eigenvalue weighted by Crippen LogP contribution is 2.25. The third-order valence-electron chi connectivity index (χ3n) is 4.50. The smallest absolute Gasteiger partial charge is 0.316 e. The van der Waals surface area contributed by atoms with E-state index in [-0.39, 0.29) is 6.04 Å². The lowest BCUT2D eigenvalue weighted by molar-refractivity contribution is -0.535. The lowest BCUT2D eigenvalue weighted by Crippen LogP contribution is -2.34. The van der Waals surface area contributed by atoms with Gasteiger partial charge in [-0.3, -0.25) is 0 Å². The maximum absolute atomic E-state index is 11.4. The minimum Gasteiger partial charge on any atom is -0.382 e. The molecule has 26 heavy (non-hydrogen) atoms. The number of hydrogen-bond donors (Lipinski definition) is 3. The lowest BCUT2D eigenvalue weighted by atomic mass is 10.1. The molecule has 0 atom stereocenters. The number of allylic oxidation sites excluding steroid dienone is 3. The van der Waals surface area contributed by atoms with Crippen LogP contribution in [0.5, 0.6) is 0 Å². The van der Waals surface area contributed by atoms with Crippen LogP contribution in [0, 0.1) is 0 Å². The fourth-order valence-corrected chi connectivity index (χ4v) is 3.19. The summed E-state index contributed by atoms with van der Waals surface area (Å²) in [4.78, 5) is 16.0. The van der Waals surface area contributed by atoms with E-state index in [9.17, 15) is 4.79 Å². The van der Waals surface area contributed by atoms with E-state index in [0.717, 1.165) is 18.8 Å². The van der Waals surface area contributed by atoms with Crippen molar-refractivity contribution in [2.24, 2.45) is 10.7 Å². The van der Waals surface area contributed by atoms with Crippen molar-refractivity contribution in [3.05, 3.63) is 30.1 Å². The van der Waals surface area contributed by atoms with Crippen LogP contribution in [-0.4, -0.2) is 44.9 Å². The van der Waals surface area contributed by atoms with Gasteiger partial charge in [-0.1, -0.05) is 0 Å². The highest BCUT2D eigenvalue weighted by atomic mass is 16.2. The van der Waals surface area contributed by atoms with Crippen LogP contribution >= 0.6 is 0 Å². The van der Waals surface area contributed by atoms with Gasteiger partial charge in [-0.25, -0.2) is 19.0 Å². The van der Waals surface area contributed by atoms with Gasteiger partial charge in [-0.15, -0.1) is 0 Å². The van der Waals surface area contributed by atoms with Crippen LogP contribution < -0.4 is 16.8 Å². The van der Waals surface area contributed by atoms with Crippen LogP contribution in [0.2, 0.25) is 0 Å². The quantitative estimate of drug-likeness (QED) is 0.567. The Labute approximate surface area is 153 Å². The first-order valence-electron chi connectivity index (χ1n) is 8.96. The van der Waals surface area contributed by atoms with Crippen molar-refractivity contribution in [2.45, 2.75) is 39.2 Å². The zero-order valence-electron chi connectivity index (χ0n) is 15.3. The molecule has 2 heterocycles. The Kier molecular flexibility index (Phi) is 5.20. The van der Waals surface area contributed by atoms with Gasteiger partial charge < -0.3 is 16.8 Å². The van der Waals surface area contributed by atoms with Gasteiger partial charge >= 0.3 is 6.03 Å². The van der Waals surface area contributed by atoms with Crippen molar-refractivity contribution in [2.75, 3.05) is 18.8 Å². The number of hydrogen-bond acceptors (Lipinski definition) is 4. The number of aromatic nitrogens is 2. The van der Waals surface area contributed by atoms with Gasteiger partial charge in [-0.2, -0.15) is 5.10 Å². The van der Waals surface area contributed by atoms with Crippen LogP contribution in [0.15, 0.2) is 35.1 Å². The van der Waals surface area contributed by atoms with E-state index in [2.05, 4.69) is 20.0 Å². The largest absolute Gasteiger partial charge is 0.382 e. The SMILES string of the molecule is CC(C)n1ncc(/N=C2/C=CC(=[N+]3CCCCC3)C=C2NC(N)=O)c1N. The van der Waals surface area contributed by atoms with E-state index in [1.165, 1.54) is 19.3 Å². The number of piperidine rings is 1. The summed E-state index contributed by atoms with van der Waals surface area (Å²) in [5.74, 6) is 0.491. The van der Waals surface area contributed by atoms with Gasteiger partial charge in [0.2, 0.25) is 5.71 Å². The van der Waals surface area contributed by atoms with E-state index in [1.54, 1.807) is 10.9 Å². The number of aliphatic imine (C=N–C) groups is 1. The highest BCUT2D eigenvalue weighted by Gasteiger charge is 2.21. The molecule has 0 radical (unpaired) electrons. The Morgan fingerprint density at radius 1 is 1.31 bits per heavy atom. The molecule has 0 bridgehead atoms. The Hall–Kier alpha value is -2.90. The molecular formula is C18H26N7O+. The van der Waals surface area contributed by atoms with Crippen molar-refractivity contribution in [1.82, 2.24) is 15.1 Å². The normalized spacial score (nSPS) is 19.2. The number of carbonyl (C=O) groups excluding carboxylic acids is 1. The topological polar surface area (TPSA) is 114 Å². The molecule has 8 nitrogen and oxygen atoms in total. The van der Waals surface area contributed by atoms with Crippen LogP contribution in [0.3, 0.4) is 0 Å². The molecule has 0 aromatic carbocycles. The van der Waals surface area contributed by atoms with Gasteiger partial charge in [0.25, 0.3) is 0 Å². The van der Waals surface area contributed by atoms with Gasteiger partial charge in [0, 0.05) is 31.0 Å². The van der Waals surface area contributed by atoms with Crippen LogP contribution in [0.4, 0.5) is 16.3 Å². The Morgan fingerprint density at radius 3 is 2.65 bits per heavy atom. The molecule has 0 spiro atoms. The first-order valence-corrected chi connectivity index (χ1v) is 8.96. The van der Waals surface area contributed by atoms with Gasteiger partial charge in [0.05, 0.1) is 17.6 Å². The fourth-order valence-electron chi connectivity index (χ4n) is 3.19. The predicted molar refractivity (Wildman–Crippen MR) is 103 cm³/mol. The van der Waals surface area contributed by atoms with Crippen LogP contribution in [-0.2, 0) is 0 Å². The van der Waals surface area contributed by atoms with Gasteiger partial charge in [-0.05, 0) is 26.3 Å². The lowest BCUT2D eigenvalue weighted by Gasteiger charge is -2.15.